The molecule has 0 N–H and O–H groups in total. The summed E-state index contributed by atoms with van der Waals surface area (Å²) in [5, 5.41) is 18.5. The van der Waals surface area contributed by atoms with Crippen LogP contribution in [0.15, 0.2) is 49.3 Å². The van der Waals surface area contributed by atoms with Gasteiger partial charge < -0.3 is 4.74 Å². The zero-order valence-electron chi connectivity index (χ0n) is 11.9. The number of rotatable bonds is 7. The molecule has 108 valence electrons. The summed E-state index contributed by atoms with van der Waals surface area (Å²) in [6, 6.07) is 9.45. The summed E-state index contributed by atoms with van der Waals surface area (Å²) < 4.78 is 7.23. The molecule has 1 aromatic carbocycles. The minimum absolute atomic E-state index is 0.536. The quantitative estimate of drug-likeness (QED) is 0.576. The fourth-order valence-corrected chi connectivity index (χ4v) is 1.78. The van der Waals surface area contributed by atoms with Gasteiger partial charge in [0.1, 0.15) is 19.3 Å². The van der Waals surface area contributed by atoms with Crippen LogP contribution in [0.25, 0.3) is 0 Å². The maximum absolute atomic E-state index is 8.86. The largest absolute Gasteiger partial charge is 0.500 e. The Balaban J connectivity index is 2.09. The average Bonchev–Trinajstić information content (AvgIpc) is 3.05. The molecule has 1 heterocycles. The van der Waals surface area contributed by atoms with Crippen LogP contribution in [0, 0.1) is 11.3 Å². The van der Waals surface area contributed by atoms with Crippen LogP contribution < -0.4 is 5.01 Å². The molecule has 0 spiro atoms. The molecule has 0 saturated carbocycles. The van der Waals surface area contributed by atoms with E-state index < -0.39 is 0 Å². The maximum Gasteiger partial charge on any atom is 0.139 e. The van der Waals surface area contributed by atoms with E-state index in [0.29, 0.717) is 18.7 Å². The van der Waals surface area contributed by atoms with E-state index in [1.54, 1.807) is 35.7 Å². The third-order valence-electron chi connectivity index (χ3n) is 2.83. The fourth-order valence-electron chi connectivity index (χ4n) is 1.78. The molecule has 0 amide bonds. The van der Waals surface area contributed by atoms with Crippen LogP contribution in [0.5, 0.6) is 0 Å². The average molecular weight is 283 g/mol. The first kappa shape index (κ1) is 14.6. The van der Waals surface area contributed by atoms with E-state index in [-0.39, 0.29) is 0 Å². The van der Waals surface area contributed by atoms with Crippen LogP contribution >= 0.6 is 0 Å². The van der Waals surface area contributed by atoms with Gasteiger partial charge in [-0.1, -0.05) is 13.0 Å². The van der Waals surface area contributed by atoms with Crippen molar-refractivity contribution in [3.05, 3.63) is 54.8 Å². The predicted octanol–water partition coefficient (Wildman–Crippen LogP) is 2.36. The summed E-state index contributed by atoms with van der Waals surface area (Å²) in [6.45, 7) is 3.23. The van der Waals surface area contributed by atoms with Gasteiger partial charge in [-0.25, -0.2) is 4.68 Å². The monoisotopic (exact) mass is 283 g/mol. The SMILES string of the molecule is CC/C=C/OCCN(c1ccc(C#N)cc1)n1cnnc1. The number of ether oxygens (including phenoxy) is 1. The first-order valence-electron chi connectivity index (χ1n) is 6.74. The van der Waals surface area contributed by atoms with Gasteiger partial charge in [0.15, 0.2) is 0 Å². The lowest BCUT2D eigenvalue weighted by Crippen LogP contribution is -2.31. The minimum Gasteiger partial charge on any atom is -0.500 e. The molecule has 6 nitrogen and oxygen atoms in total. The number of aromatic nitrogens is 3. The van der Waals surface area contributed by atoms with Crippen molar-refractivity contribution in [1.82, 2.24) is 14.9 Å². The van der Waals surface area contributed by atoms with Crippen LogP contribution in [0.1, 0.15) is 18.9 Å². The first-order valence-corrected chi connectivity index (χ1v) is 6.74. The molecule has 0 fully saturated rings. The molecule has 0 saturated heterocycles. The zero-order chi connectivity index (χ0) is 14.9. The van der Waals surface area contributed by atoms with Crippen molar-refractivity contribution < 1.29 is 4.74 Å². The second-order valence-electron chi connectivity index (χ2n) is 4.27. The summed E-state index contributed by atoms with van der Waals surface area (Å²) in [5.41, 5.74) is 1.57. The molecule has 0 bridgehead atoms. The molecule has 0 aliphatic carbocycles. The molecule has 0 atom stereocenters. The Bertz CT molecular complexity index is 598. The summed E-state index contributed by atoms with van der Waals surface area (Å²) >= 11 is 0. The smallest absolute Gasteiger partial charge is 0.139 e. The van der Waals surface area contributed by atoms with E-state index in [0.717, 1.165) is 12.1 Å². The van der Waals surface area contributed by atoms with Crippen LogP contribution in [0.3, 0.4) is 0 Å². The van der Waals surface area contributed by atoms with Gasteiger partial charge >= 0.3 is 0 Å². The Kier molecular flexibility index (Phi) is 5.35. The number of hydrogen-bond donors (Lipinski definition) is 0. The van der Waals surface area contributed by atoms with Gasteiger partial charge in [0, 0.05) is 0 Å². The molecule has 0 aliphatic rings. The number of nitrogens with zero attached hydrogens (tertiary/aromatic N) is 5. The summed E-state index contributed by atoms with van der Waals surface area (Å²) in [4.78, 5) is 0. The number of benzene rings is 1. The van der Waals surface area contributed by atoms with Crippen molar-refractivity contribution in [2.45, 2.75) is 13.3 Å². The lowest BCUT2D eigenvalue weighted by Gasteiger charge is -2.24. The van der Waals surface area contributed by atoms with Gasteiger partial charge in [-0.15, -0.1) is 10.2 Å². The molecular formula is C15H17N5O. The van der Waals surface area contributed by atoms with E-state index in [4.69, 9.17) is 10.00 Å². The standard InChI is InChI=1S/C15H17N5O/c1-2-3-9-21-10-8-20(19-12-17-18-13-19)15-6-4-14(11-16)5-7-15/h3-7,9,12-13H,2,8,10H2,1H3/b9-3+. The molecule has 0 aliphatic heterocycles. The minimum atomic E-state index is 0.536. The Labute approximate surface area is 123 Å². The molecule has 21 heavy (non-hydrogen) atoms. The van der Waals surface area contributed by atoms with E-state index in [1.165, 1.54) is 0 Å². The van der Waals surface area contributed by atoms with Gasteiger partial charge in [-0.3, -0.25) is 5.01 Å². The van der Waals surface area contributed by atoms with Gasteiger partial charge in [-0.05, 0) is 30.7 Å². The van der Waals surface area contributed by atoms with Gasteiger partial charge in [-0.2, -0.15) is 5.26 Å². The molecule has 0 unspecified atom stereocenters. The summed E-state index contributed by atoms with van der Waals surface area (Å²) in [5.74, 6) is 0. The normalized spacial score (nSPS) is 10.5. The lowest BCUT2D eigenvalue weighted by molar-refractivity contribution is 0.252. The van der Waals surface area contributed by atoms with E-state index >= 15 is 0 Å². The second kappa shape index (κ2) is 7.70. The zero-order valence-corrected chi connectivity index (χ0v) is 11.9. The summed E-state index contributed by atoms with van der Waals surface area (Å²) in [6.07, 6.45) is 7.87. The second-order valence-corrected chi connectivity index (χ2v) is 4.27. The van der Waals surface area contributed by atoms with Crippen molar-refractivity contribution in [2.24, 2.45) is 0 Å². The van der Waals surface area contributed by atoms with Crippen molar-refractivity contribution in [1.29, 1.82) is 5.26 Å². The Hall–Kier alpha value is -2.81. The summed E-state index contributed by atoms with van der Waals surface area (Å²) in [7, 11) is 0. The third-order valence-corrected chi connectivity index (χ3v) is 2.83. The van der Waals surface area contributed by atoms with Gasteiger partial charge in [0.2, 0.25) is 0 Å². The topological polar surface area (TPSA) is 67.0 Å². The highest BCUT2D eigenvalue weighted by Gasteiger charge is 2.08. The van der Waals surface area contributed by atoms with E-state index in [2.05, 4.69) is 23.2 Å². The molecule has 2 aromatic rings. The van der Waals surface area contributed by atoms with E-state index in [1.807, 2.05) is 23.2 Å². The maximum atomic E-state index is 8.86. The van der Waals surface area contributed by atoms with Gasteiger partial charge in [0.05, 0.1) is 30.1 Å². The first-order chi connectivity index (χ1) is 10.3. The van der Waals surface area contributed by atoms with Gasteiger partial charge in [0.25, 0.3) is 0 Å². The van der Waals surface area contributed by atoms with Crippen LogP contribution in [-0.2, 0) is 4.74 Å². The van der Waals surface area contributed by atoms with Crippen molar-refractivity contribution in [3.63, 3.8) is 0 Å². The number of allylic oxidation sites excluding steroid dienone is 1. The van der Waals surface area contributed by atoms with Crippen LogP contribution in [0.2, 0.25) is 0 Å². The molecule has 2 rings (SSSR count). The highest BCUT2D eigenvalue weighted by molar-refractivity contribution is 5.49. The highest BCUT2D eigenvalue weighted by atomic mass is 16.5. The van der Waals surface area contributed by atoms with Crippen molar-refractivity contribution in [3.8, 4) is 6.07 Å². The molecule has 1 aromatic heterocycles. The Morgan fingerprint density at radius 2 is 2.00 bits per heavy atom. The van der Waals surface area contributed by atoms with Crippen LogP contribution in [0.4, 0.5) is 5.69 Å². The number of hydrogen-bond acceptors (Lipinski definition) is 5. The van der Waals surface area contributed by atoms with E-state index in [9.17, 15) is 0 Å². The number of nitriles is 1. The molecular weight excluding hydrogens is 266 g/mol. The third kappa shape index (κ3) is 4.08. The highest BCUT2D eigenvalue weighted by Crippen LogP contribution is 2.15. The van der Waals surface area contributed by atoms with Crippen molar-refractivity contribution in [2.75, 3.05) is 18.2 Å². The fraction of sp³-hybridized carbons (Fsp3) is 0.267. The molecule has 6 heteroatoms. The van der Waals surface area contributed by atoms with Crippen molar-refractivity contribution >= 4 is 5.69 Å². The number of anilines is 1. The lowest BCUT2D eigenvalue weighted by atomic mass is 10.2. The Morgan fingerprint density at radius 3 is 2.62 bits per heavy atom. The predicted molar refractivity (Wildman–Crippen MR) is 79.3 cm³/mol. The Morgan fingerprint density at radius 1 is 1.29 bits per heavy atom. The van der Waals surface area contributed by atoms with Crippen LogP contribution in [-0.4, -0.2) is 28.0 Å². The molecule has 0 radical (unpaired) electrons.